The van der Waals surface area contributed by atoms with E-state index < -0.39 is 45.9 Å². The number of ether oxygens (including phenoxy) is 2. The van der Waals surface area contributed by atoms with Crippen LogP contribution in [0.4, 0.5) is 28.9 Å². The molecule has 0 aliphatic carbocycles. The number of pyridine rings is 1. The zero-order valence-corrected chi connectivity index (χ0v) is 21.9. The van der Waals surface area contributed by atoms with Gasteiger partial charge in [-0.25, -0.2) is 17.6 Å². The van der Waals surface area contributed by atoms with E-state index in [1.165, 1.54) is 6.20 Å². The van der Waals surface area contributed by atoms with Crippen LogP contribution in [-0.2, 0) is 4.74 Å². The molecule has 2 aromatic carbocycles. The van der Waals surface area contributed by atoms with Crippen LogP contribution in [0.3, 0.4) is 0 Å². The maximum absolute atomic E-state index is 15.6. The smallest absolute Gasteiger partial charge is 0.258 e. The van der Waals surface area contributed by atoms with Gasteiger partial charge in [-0.3, -0.25) is 9.78 Å². The van der Waals surface area contributed by atoms with Crippen LogP contribution in [0.25, 0.3) is 11.1 Å². The SMILES string of the molecule is C[C@@H]1C[C@H](N)CN(c2ccncc2NC(=O)c2ccc(F)c(-c3c(F)cc(OC4CCCOC4)cc3F)c2F)C1. The minimum atomic E-state index is -1.40. The molecule has 2 fully saturated rings. The van der Waals surface area contributed by atoms with Crippen LogP contribution in [-0.4, -0.2) is 49.3 Å². The van der Waals surface area contributed by atoms with E-state index in [1.54, 1.807) is 12.3 Å². The molecule has 212 valence electrons. The fourth-order valence-corrected chi connectivity index (χ4v) is 5.36. The first kappa shape index (κ1) is 27.9. The number of hydrogen-bond donors (Lipinski definition) is 2. The summed E-state index contributed by atoms with van der Waals surface area (Å²) in [6.45, 7) is 4.17. The molecule has 7 nitrogen and oxygen atoms in total. The number of nitrogens with one attached hydrogen (secondary N) is 1. The topological polar surface area (TPSA) is 89.7 Å². The van der Waals surface area contributed by atoms with E-state index in [9.17, 15) is 9.18 Å². The Kier molecular flexibility index (Phi) is 8.22. The van der Waals surface area contributed by atoms with Crippen LogP contribution < -0.4 is 20.7 Å². The quantitative estimate of drug-likeness (QED) is 0.400. The van der Waals surface area contributed by atoms with Gasteiger partial charge in [-0.1, -0.05) is 6.92 Å². The van der Waals surface area contributed by atoms with Crippen molar-refractivity contribution in [3.63, 3.8) is 0 Å². The number of benzene rings is 2. The largest absolute Gasteiger partial charge is 0.488 e. The number of rotatable bonds is 6. The predicted octanol–water partition coefficient (Wildman–Crippen LogP) is 5.29. The normalized spacial score (nSPS) is 21.2. The average molecular weight is 559 g/mol. The third-order valence-electron chi connectivity index (χ3n) is 7.10. The molecule has 0 bridgehead atoms. The second-order valence-electron chi connectivity index (χ2n) is 10.4. The highest BCUT2D eigenvalue weighted by molar-refractivity contribution is 6.06. The maximum Gasteiger partial charge on any atom is 0.258 e. The fourth-order valence-electron chi connectivity index (χ4n) is 5.36. The predicted molar refractivity (Wildman–Crippen MR) is 142 cm³/mol. The summed E-state index contributed by atoms with van der Waals surface area (Å²) in [6, 6.07) is 5.10. The molecule has 3 atom stereocenters. The van der Waals surface area contributed by atoms with Crippen molar-refractivity contribution >= 4 is 17.3 Å². The highest BCUT2D eigenvalue weighted by Crippen LogP contribution is 2.36. The van der Waals surface area contributed by atoms with Crippen LogP contribution in [0.2, 0.25) is 0 Å². The second kappa shape index (κ2) is 11.8. The van der Waals surface area contributed by atoms with Crippen molar-refractivity contribution in [2.45, 2.75) is 38.3 Å². The number of carbonyl (C=O) groups excluding carboxylic acids is 1. The highest BCUT2D eigenvalue weighted by Gasteiger charge is 2.28. The zero-order valence-electron chi connectivity index (χ0n) is 21.9. The Hall–Kier alpha value is -3.70. The van der Waals surface area contributed by atoms with E-state index in [2.05, 4.69) is 17.2 Å². The molecule has 0 spiro atoms. The van der Waals surface area contributed by atoms with E-state index in [1.807, 2.05) is 4.90 Å². The number of piperidine rings is 1. The van der Waals surface area contributed by atoms with Gasteiger partial charge in [-0.05, 0) is 43.4 Å². The molecule has 0 radical (unpaired) electrons. The third-order valence-corrected chi connectivity index (χ3v) is 7.10. The number of hydrogen-bond acceptors (Lipinski definition) is 6. The lowest BCUT2D eigenvalue weighted by atomic mass is 9.96. The van der Waals surface area contributed by atoms with Crippen LogP contribution in [0.1, 0.15) is 36.5 Å². The summed E-state index contributed by atoms with van der Waals surface area (Å²) in [5.74, 6) is -5.82. The number of anilines is 2. The summed E-state index contributed by atoms with van der Waals surface area (Å²) < 4.78 is 71.6. The lowest BCUT2D eigenvalue weighted by molar-refractivity contribution is 0.00720. The Labute approximate surface area is 229 Å². The summed E-state index contributed by atoms with van der Waals surface area (Å²) in [5, 5.41) is 2.61. The molecule has 3 N–H and O–H groups in total. The van der Waals surface area contributed by atoms with Crippen molar-refractivity contribution in [2.24, 2.45) is 11.7 Å². The molecule has 1 unspecified atom stereocenters. The number of nitrogens with two attached hydrogens (primary N) is 1. The Bertz CT molecular complexity index is 1370. The molecule has 2 aliphatic heterocycles. The van der Waals surface area contributed by atoms with Crippen LogP contribution in [0.5, 0.6) is 5.75 Å². The molecular formula is C29H30F4N4O3. The van der Waals surface area contributed by atoms with Crippen molar-refractivity contribution in [2.75, 3.05) is 36.5 Å². The lowest BCUT2D eigenvalue weighted by Crippen LogP contribution is -2.46. The molecular weight excluding hydrogens is 528 g/mol. The molecule has 11 heteroatoms. The van der Waals surface area contributed by atoms with Gasteiger partial charge in [-0.2, -0.15) is 0 Å². The van der Waals surface area contributed by atoms with E-state index in [-0.39, 0.29) is 24.5 Å². The van der Waals surface area contributed by atoms with E-state index >= 15 is 13.2 Å². The minimum absolute atomic E-state index is 0.0600. The van der Waals surface area contributed by atoms with Crippen LogP contribution in [0, 0.1) is 29.2 Å². The van der Waals surface area contributed by atoms with Crippen molar-refractivity contribution < 1.29 is 31.8 Å². The maximum atomic E-state index is 15.6. The molecule has 2 saturated heterocycles. The number of amides is 1. The van der Waals surface area contributed by atoms with Crippen molar-refractivity contribution in [1.29, 1.82) is 0 Å². The van der Waals surface area contributed by atoms with Gasteiger partial charge in [0.1, 0.15) is 35.1 Å². The van der Waals surface area contributed by atoms with Gasteiger partial charge in [0, 0.05) is 44.1 Å². The lowest BCUT2D eigenvalue weighted by Gasteiger charge is -2.37. The molecule has 1 amide bonds. The summed E-state index contributed by atoms with van der Waals surface area (Å²) in [7, 11) is 0. The molecule has 0 saturated carbocycles. The minimum Gasteiger partial charge on any atom is -0.488 e. The van der Waals surface area contributed by atoms with Crippen LogP contribution in [0.15, 0.2) is 42.7 Å². The Balaban J connectivity index is 1.43. The van der Waals surface area contributed by atoms with E-state index in [0.29, 0.717) is 43.4 Å². The number of nitrogens with zero attached hydrogens (tertiary/aromatic N) is 2. The fraction of sp³-hybridized carbons (Fsp3) is 0.379. The van der Waals surface area contributed by atoms with Gasteiger partial charge in [0.05, 0.1) is 40.9 Å². The van der Waals surface area contributed by atoms with Gasteiger partial charge >= 0.3 is 0 Å². The first-order valence-corrected chi connectivity index (χ1v) is 13.2. The standard InChI is InChI=1S/C29H30F4N4O3/c1-16-9-17(34)14-37(13-16)25-6-7-35-12-24(25)36-29(38)20-4-5-21(30)27(28(20)33)26-22(31)10-19(11-23(26)32)40-18-3-2-8-39-15-18/h4-7,10-12,16-18H,2-3,8-9,13-15,34H2,1H3,(H,36,38)/t16-,17+,18?/m1/s1. The van der Waals surface area contributed by atoms with Gasteiger partial charge in [0.25, 0.3) is 5.91 Å². The first-order valence-electron chi connectivity index (χ1n) is 13.2. The number of aromatic nitrogens is 1. The molecule has 3 aromatic rings. The van der Waals surface area contributed by atoms with Crippen molar-refractivity contribution in [3.05, 3.63) is 71.6 Å². The summed E-state index contributed by atoms with van der Waals surface area (Å²) in [4.78, 5) is 19.2. The first-order chi connectivity index (χ1) is 19.2. The average Bonchev–Trinajstić information content (AvgIpc) is 2.90. The molecule has 40 heavy (non-hydrogen) atoms. The Morgan fingerprint density at radius 3 is 2.58 bits per heavy atom. The van der Waals surface area contributed by atoms with Crippen molar-refractivity contribution in [3.8, 4) is 16.9 Å². The Morgan fingerprint density at radius 2 is 1.88 bits per heavy atom. The second-order valence-corrected chi connectivity index (χ2v) is 10.4. The summed E-state index contributed by atoms with van der Waals surface area (Å²) in [6.07, 6.45) is 4.84. The van der Waals surface area contributed by atoms with Gasteiger partial charge in [-0.15, -0.1) is 0 Å². The molecule has 3 heterocycles. The van der Waals surface area contributed by atoms with E-state index in [4.69, 9.17) is 15.2 Å². The van der Waals surface area contributed by atoms with E-state index in [0.717, 1.165) is 37.1 Å². The Morgan fingerprint density at radius 1 is 1.10 bits per heavy atom. The van der Waals surface area contributed by atoms with Crippen LogP contribution >= 0.6 is 0 Å². The molecule has 2 aliphatic rings. The van der Waals surface area contributed by atoms with Gasteiger partial charge < -0.3 is 25.4 Å². The highest BCUT2D eigenvalue weighted by atomic mass is 19.1. The monoisotopic (exact) mass is 558 g/mol. The number of carbonyl (C=O) groups is 1. The zero-order chi connectivity index (χ0) is 28.4. The molecule has 1 aromatic heterocycles. The summed E-state index contributed by atoms with van der Waals surface area (Å²) in [5.41, 5.74) is 4.60. The van der Waals surface area contributed by atoms with Gasteiger partial charge in [0.2, 0.25) is 0 Å². The molecule has 5 rings (SSSR count). The van der Waals surface area contributed by atoms with Crippen molar-refractivity contribution in [1.82, 2.24) is 4.98 Å². The summed E-state index contributed by atoms with van der Waals surface area (Å²) >= 11 is 0. The third kappa shape index (κ3) is 5.90. The number of halogens is 4. The van der Waals surface area contributed by atoms with Gasteiger partial charge in [0.15, 0.2) is 0 Å².